The first kappa shape index (κ1) is 18.3. The Balaban J connectivity index is 1.53. The van der Waals surface area contributed by atoms with E-state index in [0.717, 1.165) is 56.0 Å². The molecule has 1 saturated carbocycles. The molecule has 1 aromatic carbocycles. The lowest BCUT2D eigenvalue weighted by atomic mass is 10.2. The Hall–Kier alpha value is -3.03. The van der Waals surface area contributed by atoms with Crippen LogP contribution in [-0.2, 0) is 4.79 Å². The van der Waals surface area contributed by atoms with Gasteiger partial charge in [-0.15, -0.1) is 0 Å². The zero-order chi connectivity index (χ0) is 19.7. The second-order valence-corrected chi connectivity index (χ2v) is 7.44. The van der Waals surface area contributed by atoms with Crippen LogP contribution in [-0.4, -0.2) is 51.9 Å². The first-order valence-electron chi connectivity index (χ1n) is 9.65. The van der Waals surface area contributed by atoms with Crippen molar-refractivity contribution in [1.82, 2.24) is 14.9 Å². The number of amides is 1. The van der Waals surface area contributed by atoms with Crippen molar-refractivity contribution in [2.75, 3.05) is 31.1 Å². The summed E-state index contributed by atoms with van der Waals surface area (Å²) in [6, 6.07) is 8.24. The molecule has 2 heterocycles. The maximum atomic E-state index is 12.4. The fourth-order valence-corrected chi connectivity index (χ4v) is 3.53. The van der Waals surface area contributed by atoms with Gasteiger partial charge in [-0.3, -0.25) is 14.9 Å². The second-order valence-electron chi connectivity index (χ2n) is 7.44. The van der Waals surface area contributed by atoms with Crippen molar-refractivity contribution in [1.29, 1.82) is 0 Å². The van der Waals surface area contributed by atoms with E-state index in [1.54, 1.807) is 12.1 Å². The van der Waals surface area contributed by atoms with Crippen LogP contribution < -0.4 is 4.90 Å². The molecule has 2 fully saturated rings. The number of nitro benzene ring substituents is 1. The van der Waals surface area contributed by atoms with E-state index < -0.39 is 4.92 Å². The highest BCUT2D eigenvalue weighted by atomic mass is 16.6. The average Bonchev–Trinajstić information content (AvgIpc) is 3.54. The van der Waals surface area contributed by atoms with E-state index in [1.165, 1.54) is 12.1 Å². The van der Waals surface area contributed by atoms with E-state index >= 15 is 0 Å². The van der Waals surface area contributed by atoms with Crippen molar-refractivity contribution in [3.8, 4) is 11.4 Å². The Morgan fingerprint density at radius 2 is 1.86 bits per heavy atom. The van der Waals surface area contributed by atoms with Crippen molar-refractivity contribution in [2.24, 2.45) is 5.92 Å². The van der Waals surface area contributed by atoms with Crippen molar-refractivity contribution in [3.63, 3.8) is 0 Å². The van der Waals surface area contributed by atoms with Gasteiger partial charge in [0.15, 0.2) is 5.82 Å². The number of nitro groups is 1. The summed E-state index contributed by atoms with van der Waals surface area (Å²) in [6.45, 7) is 5.01. The van der Waals surface area contributed by atoms with Crippen molar-refractivity contribution in [2.45, 2.75) is 26.2 Å². The molecule has 8 heteroatoms. The molecule has 1 aliphatic carbocycles. The van der Waals surface area contributed by atoms with Crippen LogP contribution in [0.3, 0.4) is 0 Å². The third kappa shape index (κ3) is 3.95. The molecular weight excluding hydrogens is 358 g/mol. The van der Waals surface area contributed by atoms with E-state index in [4.69, 9.17) is 4.98 Å². The van der Waals surface area contributed by atoms with Gasteiger partial charge in [-0.1, -0.05) is 0 Å². The first-order valence-corrected chi connectivity index (χ1v) is 9.65. The normalized spacial score (nSPS) is 17.3. The van der Waals surface area contributed by atoms with Gasteiger partial charge in [-0.05, 0) is 38.3 Å². The molecule has 2 aliphatic rings. The predicted molar refractivity (Wildman–Crippen MR) is 105 cm³/mol. The lowest BCUT2D eigenvalue weighted by Crippen LogP contribution is -2.36. The number of aryl methyl sites for hydroxylation is 1. The summed E-state index contributed by atoms with van der Waals surface area (Å²) < 4.78 is 0. The molecule has 0 bridgehead atoms. The van der Waals surface area contributed by atoms with Gasteiger partial charge in [0.05, 0.1) is 4.92 Å². The minimum Gasteiger partial charge on any atom is -0.355 e. The molecular formula is C20H23N5O3. The summed E-state index contributed by atoms with van der Waals surface area (Å²) in [7, 11) is 0. The summed E-state index contributed by atoms with van der Waals surface area (Å²) in [6.07, 6.45) is 2.97. The zero-order valence-electron chi connectivity index (χ0n) is 15.9. The molecule has 1 saturated heterocycles. The Bertz CT molecular complexity index is 895. The zero-order valence-corrected chi connectivity index (χ0v) is 15.9. The Kier molecular flexibility index (Phi) is 4.93. The lowest BCUT2D eigenvalue weighted by molar-refractivity contribution is -0.384. The van der Waals surface area contributed by atoms with Crippen molar-refractivity contribution in [3.05, 3.63) is 46.1 Å². The van der Waals surface area contributed by atoms with Crippen LogP contribution in [0.4, 0.5) is 11.5 Å². The summed E-state index contributed by atoms with van der Waals surface area (Å²) in [5.74, 6) is 1.94. The maximum absolute atomic E-state index is 12.4. The molecule has 4 rings (SSSR count). The van der Waals surface area contributed by atoms with E-state index in [2.05, 4.69) is 9.88 Å². The number of rotatable bonds is 4. The number of hydrogen-bond donors (Lipinski definition) is 0. The van der Waals surface area contributed by atoms with Crippen LogP contribution in [0, 0.1) is 23.0 Å². The number of carbonyl (C=O) groups excluding carboxylic acids is 1. The third-order valence-corrected chi connectivity index (χ3v) is 5.24. The highest BCUT2D eigenvalue weighted by Gasteiger charge is 2.34. The highest BCUT2D eigenvalue weighted by Crippen LogP contribution is 2.31. The van der Waals surface area contributed by atoms with Crippen molar-refractivity contribution >= 4 is 17.4 Å². The summed E-state index contributed by atoms with van der Waals surface area (Å²) in [5, 5.41) is 10.9. The minimum atomic E-state index is -0.418. The smallest absolute Gasteiger partial charge is 0.269 e. The predicted octanol–water partition coefficient (Wildman–Crippen LogP) is 2.81. The van der Waals surface area contributed by atoms with Crippen LogP contribution >= 0.6 is 0 Å². The molecule has 146 valence electrons. The average molecular weight is 381 g/mol. The fourth-order valence-electron chi connectivity index (χ4n) is 3.53. The molecule has 1 aromatic heterocycles. The van der Waals surface area contributed by atoms with E-state index in [0.29, 0.717) is 18.3 Å². The van der Waals surface area contributed by atoms with Gasteiger partial charge in [0, 0.05) is 61.6 Å². The van der Waals surface area contributed by atoms with Gasteiger partial charge in [0.2, 0.25) is 5.91 Å². The van der Waals surface area contributed by atoms with Gasteiger partial charge in [0.25, 0.3) is 5.69 Å². The summed E-state index contributed by atoms with van der Waals surface area (Å²) >= 11 is 0. The third-order valence-electron chi connectivity index (χ3n) is 5.24. The molecule has 0 N–H and O–H groups in total. The van der Waals surface area contributed by atoms with Gasteiger partial charge < -0.3 is 9.80 Å². The molecule has 0 unspecified atom stereocenters. The van der Waals surface area contributed by atoms with Crippen LogP contribution in [0.2, 0.25) is 0 Å². The van der Waals surface area contributed by atoms with Gasteiger partial charge >= 0.3 is 0 Å². The van der Waals surface area contributed by atoms with Crippen LogP contribution in [0.1, 0.15) is 25.0 Å². The maximum Gasteiger partial charge on any atom is 0.269 e. The molecule has 2 aromatic rings. The highest BCUT2D eigenvalue weighted by molar-refractivity contribution is 5.81. The quantitative estimate of drug-likeness (QED) is 0.597. The number of aromatic nitrogens is 2. The topological polar surface area (TPSA) is 92.5 Å². The van der Waals surface area contributed by atoms with E-state index in [9.17, 15) is 14.9 Å². The fraction of sp³-hybridized carbons (Fsp3) is 0.450. The SMILES string of the molecule is Cc1cc(N2CCCN(C(=O)C3CC3)CC2)nc(-c2ccc([N+](=O)[O-])cc2)n1. The molecule has 8 nitrogen and oxygen atoms in total. The second kappa shape index (κ2) is 7.53. The lowest BCUT2D eigenvalue weighted by Gasteiger charge is -2.23. The Morgan fingerprint density at radius 1 is 1.11 bits per heavy atom. The van der Waals surface area contributed by atoms with Crippen LogP contribution in [0.5, 0.6) is 0 Å². The monoisotopic (exact) mass is 381 g/mol. The molecule has 0 radical (unpaired) electrons. The van der Waals surface area contributed by atoms with Gasteiger partial charge in [-0.2, -0.15) is 0 Å². The molecule has 28 heavy (non-hydrogen) atoms. The number of benzene rings is 1. The largest absolute Gasteiger partial charge is 0.355 e. The Morgan fingerprint density at radius 3 is 2.54 bits per heavy atom. The Labute approximate surface area is 163 Å². The minimum absolute atomic E-state index is 0.0459. The van der Waals surface area contributed by atoms with Gasteiger partial charge in [0.1, 0.15) is 5.82 Å². The van der Waals surface area contributed by atoms with E-state index in [1.807, 2.05) is 17.9 Å². The molecule has 0 atom stereocenters. The van der Waals surface area contributed by atoms with Crippen molar-refractivity contribution < 1.29 is 9.72 Å². The number of anilines is 1. The van der Waals surface area contributed by atoms with E-state index in [-0.39, 0.29) is 11.6 Å². The first-order chi connectivity index (χ1) is 13.5. The number of carbonyl (C=O) groups is 1. The molecule has 0 spiro atoms. The van der Waals surface area contributed by atoms with Crippen LogP contribution in [0.15, 0.2) is 30.3 Å². The number of hydrogen-bond acceptors (Lipinski definition) is 6. The molecule has 1 aliphatic heterocycles. The summed E-state index contributed by atoms with van der Waals surface area (Å²) in [4.78, 5) is 36.2. The summed E-state index contributed by atoms with van der Waals surface area (Å²) in [5.41, 5.74) is 1.63. The van der Waals surface area contributed by atoms with Gasteiger partial charge in [-0.25, -0.2) is 9.97 Å². The molecule has 1 amide bonds. The van der Waals surface area contributed by atoms with Crippen LogP contribution in [0.25, 0.3) is 11.4 Å². The number of non-ortho nitro benzene ring substituents is 1. The standard InChI is InChI=1S/C20H23N5O3/c1-14-13-18(22-19(21-14)15-5-7-17(8-6-15)25(27)28)23-9-2-10-24(12-11-23)20(26)16-3-4-16/h5-8,13,16H,2-4,9-12H2,1H3. The number of nitrogens with zero attached hydrogens (tertiary/aromatic N) is 5.